The Labute approximate surface area is 513 Å². The quantitative estimate of drug-likeness (QED) is 0.0261. The molecule has 0 aliphatic carbocycles. The Bertz CT molecular complexity index is 1750. The van der Waals surface area contributed by atoms with Crippen LogP contribution in [0.2, 0.25) is 0 Å². The van der Waals surface area contributed by atoms with E-state index in [0.717, 1.165) is 135 Å². The summed E-state index contributed by atoms with van der Waals surface area (Å²) in [7, 11) is 0. The molecular weight excluding hydrogens is 1020 g/mol. The molecule has 83 heavy (non-hydrogen) atoms. The summed E-state index contributed by atoms with van der Waals surface area (Å²) < 4.78 is 16.8. The van der Waals surface area contributed by atoms with E-state index in [4.69, 9.17) is 14.2 Å². The van der Waals surface area contributed by atoms with Crippen molar-refractivity contribution in [1.29, 1.82) is 0 Å². The largest absolute Gasteiger partial charge is 0.462 e. The van der Waals surface area contributed by atoms with Crippen molar-refractivity contribution in [2.75, 3.05) is 13.2 Å². The fourth-order valence-corrected chi connectivity index (χ4v) is 9.53. The summed E-state index contributed by atoms with van der Waals surface area (Å²) in [5.41, 5.74) is 0. The van der Waals surface area contributed by atoms with Crippen LogP contribution >= 0.6 is 0 Å². The van der Waals surface area contributed by atoms with Gasteiger partial charge in [0, 0.05) is 19.3 Å². The van der Waals surface area contributed by atoms with E-state index in [1.165, 1.54) is 141 Å². The summed E-state index contributed by atoms with van der Waals surface area (Å²) in [6.07, 6.45) is 99.6. The van der Waals surface area contributed by atoms with Crippen LogP contribution in [0.3, 0.4) is 0 Å². The van der Waals surface area contributed by atoms with Crippen molar-refractivity contribution in [1.82, 2.24) is 0 Å². The first-order valence-electron chi connectivity index (χ1n) is 34.7. The molecule has 472 valence electrons. The van der Waals surface area contributed by atoms with Gasteiger partial charge in [0.1, 0.15) is 13.2 Å². The number of carbonyl (C=O) groups excluding carboxylic acids is 3. The molecule has 6 nitrogen and oxygen atoms in total. The Balaban J connectivity index is 4.00. The zero-order valence-electron chi connectivity index (χ0n) is 54.2. The second-order valence-corrected chi connectivity index (χ2v) is 22.7. The van der Waals surface area contributed by atoms with Crippen LogP contribution in [-0.4, -0.2) is 37.2 Å². The van der Waals surface area contributed by atoms with Gasteiger partial charge in [0.05, 0.1) is 0 Å². The lowest BCUT2D eigenvalue weighted by Gasteiger charge is -2.18. The minimum atomic E-state index is -0.779. The highest BCUT2D eigenvalue weighted by molar-refractivity contribution is 5.71. The number of esters is 3. The van der Waals surface area contributed by atoms with Gasteiger partial charge in [-0.2, -0.15) is 0 Å². The molecule has 0 aromatic rings. The van der Waals surface area contributed by atoms with E-state index in [1.807, 2.05) is 0 Å². The maximum atomic E-state index is 12.9. The lowest BCUT2D eigenvalue weighted by atomic mass is 10.0. The highest BCUT2D eigenvalue weighted by atomic mass is 16.6. The molecule has 0 aliphatic heterocycles. The molecule has 0 saturated heterocycles. The summed E-state index contributed by atoms with van der Waals surface area (Å²) in [5.74, 6) is -0.889. The standard InChI is InChI=1S/C77H128O6/c1-4-7-10-13-15-17-19-21-23-25-27-29-31-33-34-35-36-37-38-39-40-41-42-44-45-47-49-51-53-55-57-59-61-64-67-70-76(79)82-73-74(72-81-75(78)69-66-63-12-9-6-3)83-77(80)71-68-65-62-60-58-56-54-52-50-48-46-43-32-30-28-26-24-22-20-18-16-14-11-8-5-2/h7-8,10-11,15-18,21-24,27-30,33-34,36-37,39-40,74H,4-6,9,12-14,19-20,25-26,31-32,35,38,41-73H2,1-3H3/b10-7-,11-8-,17-15-,18-16-,23-21-,24-22-,29-27-,30-28-,34-33-,37-36-,40-39-. The van der Waals surface area contributed by atoms with E-state index in [1.54, 1.807) is 0 Å². The maximum absolute atomic E-state index is 12.9. The summed E-state index contributed by atoms with van der Waals surface area (Å²) in [6.45, 7) is 6.35. The predicted molar refractivity (Wildman–Crippen MR) is 362 cm³/mol. The van der Waals surface area contributed by atoms with Gasteiger partial charge in [0.25, 0.3) is 0 Å². The average Bonchev–Trinajstić information content (AvgIpc) is 3.49. The normalized spacial score (nSPS) is 13.0. The Morgan fingerprint density at radius 2 is 0.470 bits per heavy atom. The van der Waals surface area contributed by atoms with Gasteiger partial charge in [-0.05, 0) is 116 Å². The third-order valence-electron chi connectivity index (χ3n) is 14.7. The molecule has 0 fully saturated rings. The fourth-order valence-electron chi connectivity index (χ4n) is 9.53. The molecule has 1 atom stereocenters. The summed E-state index contributed by atoms with van der Waals surface area (Å²) in [4.78, 5) is 38.0. The number of allylic oxidation sites excluding steroid dienone is 22. The fraction of sp³-hybridized carbons (Fsp3) is 0.675. The second-order valence-electron chi connectivity index (χ2n) is 22.7. The minimum Gasteiger partial charge on any atom is -0.462 e. The lowest BCUT2D eigenvalue weighted by Crippen LogP contribution is -2.30. The molecule has 0 bridgehead atoms. The third-order valence-corrected chi connectivity index (χ3v) is 14.7. The first kappa shape index (κ1) is 78.5. The van der Waals surface area contributed by atoms with Crippen molar-refractivity contribution >= 4 is 17.9 Å². The van der Waals surface area contributed by atoms with Gasteiger partial charge in [-0.3, -0.25) is 14.4 Å². The Hall–Kier alpha value is -4.45. The predicted octanol–water partition coefficient (Wildman–Crippen LogP) is 24.1. The van der Waals surface area contributed by atoms with Crippen LogP contribution in [-0.2, 0) is 28.6 Å². The van der Waals surface area contributed by atoms with Crippen LogP contribution in [0.4, 0.5) is 0 Å². The monoisotopic (exact) mass is 1150 g/mol. The average molecular weight is 1150 g/mol. The van der Waals surface area contributed by atoms with Crippen LogP contribution in [0.25, 0.3) is 0 Å². The molecule has 0 rings (SSSR count). The number of rotatable bonds is 62. The van der Waals surface area contributed by atoms with Crippen LogP contribution in [0.5, 0.6) is 0 Å². The Morgan fingerprint density at radius 3 is 0.735 bits per heavy atom. The number of hydrogen-bond donors (Lipinski definition) is 0. The van der Waals surface area contributed by atoms with E-state index >= 15 is 0 Å². The highest BCUT2D eigenvalue weighted by Crippen LogP contribution is 2.17. The molecule has 0 amide bonds. The molecule has 0 saturated carbocycles. The maximum Gasteiger partial charge on any atom is 0.306 e. The highest BCUT2D eigenvalue weighted by Gasteiger charge is 2.19. The van der Waals surface area contributed by atoms with Gasteiger partial charge in [-0.15, -0.1) is 0 Å². The van der Waals surface area contributed by atoms with Gasteiger partial charge in [0.2, 0.25) is 0 Å². The number of ether oxygens (including phenoxy) is 3. The first-order chi connectivity index (χ1) is 41.0. The van der Waals surface area contributed by atoms with Crippen molar-refractivity contribution < 1.29 is 28.6 Å². The van der Waals surface area contributed by atoms with Crippen molar-refractivity contribution in [3.05, 3.63) is 134 Å². The van der Waals surface area contributed by atoms with Gasteiger partial charge < -0.3 is 14.2 Å². The second kappa shape index (κ2) is 70.0. The summed E-state index contributed by atoms with van der Waals surface area (Å²) >= 11 is 0. The first-order valence-corrected chi connectivity index (χ1v) is 34.7. The molecule has 6 heteroatoms. The summed E-state index contributed by atoms with van der Waals surface area (Å²) in [5, 5.41) is 0. The van der Waals surface area contributed by atoms with E-state index < -0.39 is 6.10 Å². The van der Waals surface area contributed by atoms with Gasteiger partial charge in [0.15, 0.2) is 6.10 Å². The third kappa shape index (κ3) is 68.2. The van der Waals surface area contributed by atoms with Crippen molar-refractivity contribution in [3.63, 3.8) is 0 Å². The topological polar surface area (TPSA) is 78.9 Å². The molecule has 0 aromatic heterocycles. The molecule has 0 radical (unpaired) electrons. The zero-order valence-corrected chi connectivity index (χ0v) is 54.2. The SMILES string of the molecule is CC/C=C\C/C=C\C/C=C\C/C=C\C/C=C\C/C=C\C/C=C\CCCCCCCCCCCCCCCC(=O)OCC(COC(=O)CCCCCCC)OC(=O)CCCCCCCCCCCCCC/C=C\C/C=C\C/C=C\C/C=C\CC. The number of unbranched alkanes of at least 4 members (excludes halogenated alkanes) is 29. The van der Waals surface area contributed by atoms with Gasteiger partial charge in [-0.1, -0.05) is 315 Å². The van der Waals surface area contributed by atoms with E-state index in [2.05, 4.69) is 154 Å². The van der Waals surface area contributed by atoms with Crippen molar-refractivity contribution in [2.24, 2.45) is 0 Å². The van der Waals surface area contributed by atoms with Crippen LogP contribution in [0, 0.1) is 0 Å². The smallest absolute Gasteiger partial charge is 0.306 e. The Kier molecular flexibility index (Phi) is 66.3. The van der Waals surface area contributed by atoms with Gasteiger partial charge in [-0.25, -0.2) is 0 Å². The van der Waals surface area contributed by atoms with E-state index in [-0.39, 0.29) is 31.1 Å². The minimum absolute atomic E-state index is 0.0793. The van der Waals surface area contributed by atoms with E-state index in [0.29, 0.717) is 19.3 Å². The van der Waals surface area contributed by atoms with Crippen LogP contribution in [0.15, 0.2) is 134 Å². The number of carbonyl (C=O) groups is 3. The molecule has 0 aromatic carbocycles. The van der Waals surface area contributed by atoms with Crippen LogP contribution in [0.1, 0.15) is 316 Å². The molecule has 0 heterocycles. The van der Waals surface area contributed by atoms with Crippen LogP contribution < -0.4 is 0 Å². The molecule has 0 N–H and O–H groups in total. The number of hydrogen-bond acceptors (Lipinski definition) is 6. The van der Waals surface area contributed by atoms with Gasteiger partial charge >= 0.3 is 17.9 Å². The molecule has 1 unspecified atom stereocenters. The van der Waals surface area contributed by atoms with E-state index in [9.17, 15) is 14.4 Å². The van der Waals surface area contributed by atoms with Crippen molar-refractivity contribution in [2.45, 2.75) is 322 Å². The summed E-state index contributed by atoms with van der Waals surface area (Å²) in [6, 6.07) is 0. The lowest BCUT2D eigenvalue weighted by molar-refractivity contribution is -0.167. The zero-order chi connectivity index (χ0) is 59.9. The molecule has 0 aliphatic rings. The molecular formula is C77H128O6. The van der Waals surface area contributed by atoms with Crippen molar-refractivity contribution in [3.8, 4) is 0 Å². The Morgan fingerprint density at radius 1 is 0.253 bits per heavy atom. The molecule has 0 spiro atoms.